The summed E-state index contributed by atoms with van der Waals surface area (Å²) in [6, 6.07) is 0. The minimum atomic E-state index is -4.97. The van der Waals surface area contributed by atoms with E-state index in [1.165, 1.54) is 122 Å². The number of ether oxygens (including phenoxy) is 4. The Labute approximate surface area is 572 Å². The largest absolute Gasteiger partial charge is 0.472 e. The van der Waals surface area contributed by atoms with Crippen molar-refractivity contribution in [3.63, 3.8) is 0 Å². The van der Waals surface area contributed by atoms with Gasteiger partial charge in [0.2, 0.25) is 0 Å². The Morgan fingerprint density at radius 3 is 0.830 bits per heavy atom. The molecule has 0 amide bonds. The van der Waals surface area contributed by atoms with E-state index in [0.717, 1.165) is 148 Å². The van der Waals surface area contributed by atoms with Crippen LogP contribution in [0.1, 0.15) is 349 Å². The Hall–Kier alpha value is -2.98. The van der Waals surface area contributed by atoms with Crippen molar-refractivity contribution in [2.75, 3.05) is 39.6 Å². The second-order valence-corrected chi connectivity index (χ2v) is 28.5. The van der Waals surface area contributed by atoms with E-state index in [4.69, 9.17) is 37.0 Å². The lowest BCUT2D eigenvalue weighted by atomic mass is 10.0. The molecule has 94 heavy (non-hydrogen) atoms. The first-order chi connectivity index (χ1) is 45.7. The number of phosphoric acid groups is 2. The van der Waals surface area contributed by atoms with Gasteiger partial charge in [-0.05, 0) is 109 Å². The summed E-state index contributed by atoms with van der Waals surface area (Å²) >= 11 is 0. The number of carbonyl (C=O) groups is 4. The van der Waals surface area contributed by atoms with Gasteiger partial charge in [0.15, 0.2) is 12.2 Å². The molecule has 0 aromatic rings. The second kappa shape index (κ2) is 68.5. The normalized spacial score (nSPS) is 14.2. The van der Waals surface area contributed by atoms with E-state index in [9.17, 15) is 43.2 Å². The second-order valence-electron chi connectivity index (χ2n) is 25.6. The highest BCUT2D eigenvalue weighted by Gasteiger charge is 2.30. The molecule has 17 nitrogen and oxygen atoms in total. The van der Waals surface area contributed by atoms with Gasteiger partial charge in [0, 0.05) is 25.7 Å². The fraction of sp³-hybridized carbons (Fsp3) is 0.840. The molecule has 0 spiro atoms. The van der Waals surface area contributed by atoms with Crippen molar-refractivity contribution in [1.82, 2.24) is 0 Å². The van der Waals surface area contributed by atoms with Crippen LogP contribution in [0.25, 0.3) is 0 Å². The molecule has 0 bridgehead atoms. The summed E-state index contributed by atoms with van der Waals surface area (Å²) in [5.41, 5.74) is 0. The van der Waals surface area contributed by atoms with E-state index in [-0.39, 0.29) is 25.7 Å². The first kappa shape index (κ1) is 91.0. The molecule has 0 aliphatic carbocycles. The number of aliphatic hydroxyl groups excluding tert-OH is 1. The highest BCUT2D eigenvalue weighted by atomic mass is 31.2. The van der Waals surface area contributed by atoms with Gasteiger partial charge < -0.3 is 33.8 Å². The molecule has 0 saturated heterocycles. The molecule has 5 atom stereocenters. The van der Waals surface area contributed by atoms with Gasteiger partial charge in [-0.2, -0.15) is 0 Å². The van der Waals surface area contributed by atoms with Crippen molar-refractivity contribution >= 4 is 39.5 Å². The van der Waals surface area contributed by atoms with Gasteiger partial charge in [-0.1, -0.05) is 263 Å². The Morgan fingerprint density at radius 2 is 0.521 bits per heavy atom. The van der Waals surface area contributed by atoms with Crippen molar-refractivity contribution < 1.29 is 80.2 Å². The zero-order chi connectivity index (χ0) is 69.0. The maximum Gasteiger partial charge on any atom is 0.472 e. The first-order valence-electron chi connectivity index (χ1n) is 37.9. The average molecular weight is 1370 g/mol. The molecule has 0 aliphatic rings. The highest BCUT2D eigenvalue weighted by Crippen LogP contribution is 2.45. The molecule has 0 aromatic carbocycles. The maximum atomic E-state index is 13.1. The third-order valence-corrected chi connectivity index (χ3v) is 18.2. The van der Waals surface area contributed by atoms with E-state index in [0.29, 0.717) is 25.7 Å². The SMILES string of the molecule is CCCCC/C=C\C/C=C\CCCCCCCC(=O)OCC(COP(=O)(O)OCC(O)COP(=O)(O)OCC(COC(=O)CCCCCCC/C=C\CCCCCC)OC(=O)CCCCCCCCCCCCCCC)OC(=O)CCCCCCC/C=C\CCCCCC. The molecule has 0 radical (unpaired) electrons. The summed E-state index contributed by atoms with van der Waals surface area (Å²) in [6.45, 7) is 4.83. The Morgan fingerprint density at radius 1 is 0.298 bits per heavy atom. The third-order valence-electron chi connectivity index (χ3n) is 16.3. The lowest BCUT2D eigenvalue weighted by Crippen LogP contribution is -2.30. The van der Waals surface area contributed by atoms with E-state index in [1.54, 1.807) is 0 Å². The zero-order valence-corrected chi connectivity index (χ0v) is 61.7. The number of rotatable bonds is 72. The van der Waals surface area contributed by atoms with Crippen molar-refractivity contribution in [3.8, 4) is 0 Å². The van der Waals surface area contributed by atoms with E-state index >= 15 is 0 Å². The van der Waals surface area contributed by atoms with Crippen molar-refractivity contribution in [2.24, 2.45) is 0 Å². The summed E-state index contributed by atoms with van der Waals surface area (Å²) in [6.07, 6.45) is 63.8. The van der Waals surface area contributed by atoms with Crippen LogP contribution in [0.2, 0.25) is 0 Å². The summed E-state index contributed by atoms with van der Waals surface area (Å²) < 4.78 is 68.4. The Bertz CT molecular complexity index is 1980. The highest BCUT2D eigenvalue weighted by molar-refractivity contribution is 7.47. The Balaban J connectivity index is 5.32. The number of carbonyl (C=O) groups excluding carboxylic acids is 4. The molecular weight excluding hydrogens is 1230 g/mol. The minimum Gasteiger partial charge on any atom is -0.462 e. The fourth-order valence-electron chi connectivity index (χ4n) is 10.4. The topological polar surface area (TPSA) is 237 Å². The van der Waals surface area contributed by atoms with Gasteiger partial charge in [0.25, 0.3) is 0 Å². The molecule has 19 heteroatoms. The summed E-state index contributed by atoms with van der Waals surface area (Å²) in [7, 11) is -9.93. The quantitative estimate of drug-likeness (QED) is 0.0169. The average Bonchev–Trinajstić information content (AvgIpc) is 1.67. The number of allylic oxidation sites excluding steroid dienone is 8. The van der Waals surface area contributed by atoms with Gasteiger partial charge in [0.05, 0.1) is 26.4 Å². The van der Waals surface area contributed by atoms with Crippen LogP contribution in [0.15, 0.2) is 48.6 Å². The van der Waals surface area contributed by atoms with Gasteiger partial charge in [-0.25, -0.2) is 9.13 Å². The molecule has 0 saturated carbocycles. The number of unbranched alkanes of at least 4 members (excludes halogenated alkanes) is 38. The lowest BCUT2D eigenvalue weighted by Gasteiger charge is -2.21. The number of esters is 4. The van der Waals surface area contributed by atoms with E-state index < -0.39 is 97.5 Å². The van der Waals surface area contributed by atoms with Crippen LogP contribution >= 0.6 is 15.6 Å². The number of phosphoric ester groups is 2. The molecule has 0 fully saturated rings. The van der Waals surface area contributed by atoms with Crippen LogP contribution in [-0.2, 0) is 65.4 Å². The summed E-state index contributed by atoms with van der Waals surface area (Å²) in [5, 5.41) is 10.6. The zero-order valence-electron chi connectivity index (χ0n) is 59.9. The smallest absolute Gasteiger partial charge is 0.462 e. The molecule has 0 heterocycles. The van der Waals surface area contributed by atoms with Gasteiger partial charge in [-0.3, -0.25) is 37.3 Å². The predicted octanol–water partition coefficient (Wildman–Crippen LogP) is 21.3. The van der Waals surface area contributed by atoms with Crippen molar-refractivity contribution in [3.05, 3.63) is 48.6 Å². The number of aliphatic hydroxyl groups is 1. The third kappa shape index (κ3) is 67.6. The molecular formula is C75H138O17P2. The van der Waals surface area contributed by atoms with Crippen LogP contribution in [0, 0.1) is 0 Å². The minimum absolute atomic E-state index is 0.0863. The monoisotopic (exact) mass is 1370 g/mol. The molecule has 0 rings (SSSR count). The van der Waals surface area contributed by atoms with E-state index in [1.807, 2.05) is 0 Å². The maximum absolute atomic E-state index is 13.1. The molecule has 0 aliphatic heterocycles. The van der Waals surface area contributed by atoms with Gasteiger partial charge in [-0.15, -0.1) is 0 Å². The molecule has 550 valence electrons. The van der Waals surface area contributed by atoms with E-state index in [2.05, 4.69) is 76.3 Å². The van der Waals surface area contributed by atoms with Crippen molar-refractivity contribution in [2.45, 2.75) is 367 Å². The molecule has 3 N–H and O–H groups in total. The van der Waals surface area contributed by atoms with Gasteiger partial charge in [0.1, 0.15) is 19.3 Å². The predicted molar refractivity (Wildman–Crippen MR) is 381 cm³/mol. The standard InChI is InChI=1S/C75H138O17P2/c1-5-9-13-17-21-25-29-33-34-38-40-44-48-52-56-60-73(78)86-66-71(92-75(80)62-58-54-50-46-42-37-32-28-24-20-16-12-8-4)68-90-94(83,84)88-64-69(76)63-87-93(81,82)89-67-70(91-74(79)61-57-53-49-45-41-36-31-27-23-19-15-11-7-3)65-85-72(77)59-55-51-47-43-39-35-30-26-22-18-14-10-6-2/h21,25-26,28,30,32-34,69-71,76H,5-20,22-24,27,29,31,35-68H2,1-4H3,(H,81,82)(H,83,84)/b25-21-,30-26-,32-28-,34-33-. The fourth-order valence-corrected chi connectivity index (χ4v) is 12.0. The van der Waals surface area contributed by atoms with Crippen LogP contribution < -0.4 is 0 Å². The lowest BCUT2D eigenvalue weighted by molar-refractivity contribution is -0.161. The first-order valence-corrected chi connectivity index (χ1v) is 40.9. The van der Waals surface area contributed by atoms with Gasteiger partial charge >= 0.3 is 39.5 Å². The summed E-state index contributed by atoms with van der Waals surface area (Å²) in [4.78, 5) is 72.7. The Kier molecular flexibility index (Phi) is 66.4. The summed E-state index contributed by atoms with van der Waals surface area (Å²) in [5.74, 6) is -2.18. The van der Waals surface area contributed by atoms with Crippen LogP contribution in [0.3, 0.4) is 0 Å². The number of hydrogen-bond donors (Lipinski definition) is 3. The van der Waals surface area contributed by atoms with Crippen LogP contribution in [0.5, 0.6) is 0 Å². The number of hydrogen-bond acceptors (Lipinski definition) is 15. The van der Waals surface area contributed by atoms with Crippen LogP contribution in [0.4, 0.5) is 0 Å². The molecule has 5 unspecified atom stereocenters. The van der Waals surface area contributed by atoms with Crippen LogP contribution in [-0.4, -0.2) is 96.7 Å². The van der Waals surface area contributed by atoms with Crippen molar-refractivity contribution in [1.29, 1.82) is 0 Å². The molecule has 0 aromatic heterocycles.